The molecule has 0 atom stereocenters. The second kappa shape index (κ2) is 7.74. The molecule has 0 aromatic heterocycles. The highest BCUT2D eigenvalue weighted by Crippen LogP contribution is 2.22. The molecular formula is C13H15N3O4. The van der Waals surface area contributed by atoms with Crippen LogP contribution in [0.15, 0.2) is 18.2 Å². The fraction of sp³-hybridized carbons (Fsp3) is 0.385. The van der Waals surface area contributed by atoms with Crippen molar-refractivity contribution >= 4 is 17.3 Å². The molecule has 7 nitrogen and oxygen atoms in total. The van der Waals surface area contributed by atoms with Gasteiger partial charge in [0.1, 0.15) is 11.6 Å². The van der Waals surface area contributed by atoms with Crippen LogP contribution in [-0.2, 0) is 9.53 Å². The highest BCUT2D eigenvalue weighted by molar-refractivity contribution is 5.69. The SMILES string of the molecule is CCOC(=O)CCCNc1ccc(C#N)c([N+](=O)[O-])c1. The lowest BCUT2D eigenvalue weighted by Gasteiger charge is -2.06. The number of nitrogens with zero attached hydrogens (tertiary/aromatic N) is 2. The zero-order chi connectivity index (χ0) is 15.0. The smallest absolute Gasteiger partial charge is 0.305 e. The van der Waals surface area contributed by atoms with Gasteiger partial charge in [-0.05, 0) is 25.5 Å². The number of anilines is 1. The molecule has 0 unspecified atom stereocenters. The summed E-state index contributed by atoms with van der Waals surface area (Å²) in [4.78, 5) is 21.3. The van der Waals surface area contributed by atoms with E-state index in [9.17, 15) is 14.9 Å². The van der Waals surface area contributed by atoms with Crippen LogP contribution < -0.4 is 5.32 Å². The van der Waals surface area contributed by atoms with E-state index in [2.05, 4.69) is 5.32 Å². The van der Waals surface area contributed by atoms with Crippen LogP contribution in [0.3, 0.4) is 0 Å². The van der Waals surface area contributed by atoms with E-state index in [1.54, 1.807) is 19.1 Å². The number of nitriles is 1. The Kier molecular flexibility index (Phi) is 5.97. The van der Waals surface area contributed by atoms with E-state index in [0.717, 1.165) is 0 Å². The Labute approximate surface area is 116 Å². The van der Waals surface area contributed by atoms with E-state index < -0.39 is 4.92 Å². The van der Waals surface area contributed by atoms with Crippen molar-refractivity contribution in [2.75, 3.05) is 18.5 Å². The Morgan fingerprint density at radius 1 is 1.55 bits per heavy atom. The molecule has 0 aliphatic heterocycles. The topological polar surface area (TPSA) is 105 Å². The number of hydrogen-bond donors (Lipinski definition) is 1. The van der Waals surface area contributed by atoms with Crippen molar-refractivity contribution in [3.8, 4) is 6.07 Å². The molecule has 20 heavy (non-hydrogen) atoms. The van der Waals surface area contributed by atoms with Gasteiger partial charge >= 0.3 is 5.97 Å². The average Bonchev–Trinajstić information content (AvgIpc) is 2.43. The fourth-order valence-corrected chi connectivity index (χ4v) is 1.59. The van der Waals surface area contributed by atoms with E-state index in [0.29, 0.717) is 31.7 Å². The quantitative estimate of drug-likeness (QED) is 0.354. The molecular weight excluding hydrogens is 262 g/mol. The lowest BCUT2D eigenvalue weighted by Crippen LogP contribution is -2.08. The monoisotopic (exact) mass is 277 g/mol. The second-order valence-corrected chi connectivity index (χ2v) is 3.94. The van der Waals surface area contributed by atoms with Crippen molar-refractivity contribution in [3.05, 3.63) is 33.9 Å². The number of nitro groups is 1. The van der Waals surface area contributed by atoms with Gasteiger partial charge in [-0.25, -0.2) is 0 Å². The van der Waals surface area contributed by atoms with Crippen molar-refractivity contribution in [1.29, 1.82) is 5.26 Å². The third-order valence-electron chi connectivity index (χ3n) is 2.51. The third-order valence-corrected chi connectivity index (χ3v) is 2.51. The molecule has 1 rings (SSSR count). The molecule has 1 aromatic carbocycles. The molecule has 0 saturated carbocycles. The van der Waals surface area contributed by atoms with E-state index in [-0.39, 0.29) is 17.2 Å². The normalized spacial score (nSPS) is 9.60. The molecule has 1 N–H and O–H groups in total. The molecule has 0 amide bonds. The summed E-state index contributed by atoms with van der Waals surface area (Å²) >= 11 is 0. The van der Waals surface area contributed by atoms with Crippen LogP contribution in [-0.4, -0.2) is 24.0 Å². The van der Waals surface area contributed by atoms with Crippen LogP contribution in [0, 0.1) is 21.4 Å². The van der Waals surface area contributed by atoms with Crippen LogP contribution in [0.4, 0.5) is 11.4 Å². The van der Waals surface area contributed by atoms with Gasteiger partial charge in [-0.1, -0.05) is 0 Å². The van der Waals surface area contributed by atoms with Crippen LogP contribution >= 0.6 is 0 Å². The van der Waals surface area contributed by atoms with Crippen molar-refractivity contribution in [2.24, 2.45) is 0 Å². The van der Waals surface area contributed by atoms with Gasteiger partial charge in [0, 0.05) is 24.7 Å². The molecule has 106 valence electrons. The Morgan fingerprint density at radius 3 is 2.90 bits per heavy atom. The van der Waals surface area contributed by atoms with Crippen LogP contribution in [0.5, 0.6) is 0 Å². The van der Waals surface area contributed by atoms with Crippen molar-refractivity contribution < 1.29 is 14.5 Å². The van der Waals surface area contributed by atoms with Gasteiger partial charge in [0.05, 0.1) is 11.5 Å². The van der Waals surface area contributed by atoms with E-state index in [1.807, 2.05) is 0 Å². The maximum Gasteiger partial charge on any atom is 0.305 e. The second-order valence-electron chi connectivity index (χ2n) is 3.94. The summed E-state index contributed by atoms with van der Waals surface area (Å²) in [6.45, 7) is 2.59. The summed E-state index contributed by atoms with van der Waals surface area (Å²) in [5.41, 5.74) is 0.328. The van der Waals surface area contributed by atoms with E-state index >= 15 is 0 Å². The summed E-state index contributed by atoms with van der Waals surface area (Å²) in [7, 11) is 0. The largest absolute Gasteiger partial charge is 0.466 e. The highest BCUT2D eigenvalue weighted by atomic mass is 16.6. The fourth-order valence-electron chi connectivity index (χ4n) is 1.59. The van der Waals surface area contributed by atoms with Crippen molar-refractivity contribution in [2.45, 2.75) is 19.8 Å². The minimum Gasteiger partial charge on any atom is -0.466 e. The maximum atomic E-state index is 11.1. The summed E-state index contributed by atoms with van der Waals surface area (Å²) in [5.74, 6) is -0.264. The number of hydrogen-bond acceptors (Lipinski definition) is 6. The van der Waals surface area contributed by atoms with E-state index in [1.165, 1.54) is 12.1 Å². The number of carbonyl (C=O) groups is 1. The Hall–Kier alpha value is -2.62. The van der Waals surface area contributed by atoms with Crippen molar-refractivity contribution in [1.82, 2.24) is 0 Å². The van der Waals surface area contributed by atoms with Crippen molar-refractivity contribution in [3.63, 3.8) is 0 Å². The molecule has 0 bridgehead atoms. The lowest BCUT2D eigenvalue weighted by molar-refractivity contribution is -0.385. The third kappa shape index (κ3) is 4.57. The number of rotatable bonds is 7. The summed E-state index contributed by atoms with van der Waals surface area (Å²) in [6.07, 6.45) is 0.853. The lowest BCUT2D eigenvalue weighted by atomic mass is 10.1. The Bertz CT molecular complexity index is 537. The molecule has 0 aliphatic rings. The first kappa shape index (κ1) is 15.4. The number of carbonyl (C=O) groups excluding carboxylic acids is 1. The van der Waals surface area contributed by atoms with Gasteiger partial charge in [-0.15, -0.1) is 0 Å². The zero-order valence-electron chi connectivity index (χ0n) is 11.1. The van der Waals surface area contributed by atoms with Gasteiger partial charge < -0.3 is 10.1 Å². The summed E-state index contributed by atoms with van der Waals surface area (Å²) in [5, 5.41) is 22.5. The molecule has 0 fully saturated rings. The first-order valence-electron chi connectivity index (χ1n) is 6.16. The Morgan fingerprint density at radius 2 is 2.30 bits per heavy atom. The van der Waals surface area contributed by atoms with E-state index in [4.69, 9.17) is 10.00 Å². The number of ether oxygens (including phenoxy) is 1. The predicted molar refractivity (Wildman–Crippen MR) is 72.2 cm³/mol. The summed E-state index contributed by atoms with van der Waals surface area (Å²) in [6, 6.07) is 6.07. The number of nitro benzene ring substituents is 1. The standard InChI is InChI=1S/C13H15N3O4/c1-2-20-13(17)4-3-7-15-11-6-5-10(9-14)12(8-11)16(18)19/h5-6,8,15H,2-4,7H2,1H3. The first-order chi connectivity index (χ1) is 9.58. The molecule has 7 heteroatoms. The number of nitrogens with one attached hydrogen (secondary N) is 1. The van der Waals surface area contributed by atoms with Gasteiger partial charge in [0.2, 0.25) is 0 Å². The molecule has 0 saturated heterocycles. The number of esters is 1. The summed E-state index contributed by atoms with van der Waals surface area (Å²) < 4.78 is 4.78. The molecule has 1 aromatic rings. The van der Waals surface area contributed by atoms with Crippen LogP contribution in [0.2, 0.25) is 0 Å². The predicted octanol–water partition coefficient (Wildman–Crippen LogP) is 2.22. The molecule has 0 heterocycles. The van der Waals surface area contributed by atoms with Gasteiger partial charge in [0.15, 0.2) is 0 Å². The molecule has 0 spiro atoms. The zero-order valence-corrected chi connectivity index (χ0v) is 11.1. The van der Waals surface area contributed by atoms with Gasteiger partial charge in [0.25, 0.3) is 5.69 Å². The molecule has 0 aliphatic carbocycles. The van der Waals surface area contributed by atoms with Gasteiger partial charge in [-0.2, -0.15) is 5.26 Å². The average molecular weight is 277 g/mol. The van der Waals surface area contributed by atoms with Crippen LogP contribution in [0.1, 0.15) is 25.3 Å². The van der Waals surface area contributed by atoms with Gasteiger partial charge in [-0.3, -0.25) is 14.9 Å². The minimum absolute atomic E-state index is 0.0204. The highest BCUT2D eigenvalue weighted by Gasteiger charge is 2.13. The minimum atomic E-state index is -0.595. The van der Waals surface area contributed by atoms with Crippen LogP contribution in [0.25, 0.3) is 0 Å². The molecule has 0 radical (unpaired) electrons. The number of benzene rings is 1. The first-order valence-corrected chi connectivity index (χ1v) is 6.16. The Balaban J connectivity index is 2.53. The maximum absolute atomic E-state index is 11.1.